The van der Waals surface area contributed by atoms with Gasteiger partial charge < -0.3 is 5.32 Å². The summed E-state index contributed by atoms with van der Waals surface area (Å²) in [5.41, 5.74) is 0.858. The second-order valence-corrected chi connectivity index (χ2v) is 4.57. The van der Waals surface area contributed by atoms with E-state index in [1.807, 2.05) is 0 Å². The number of rotatable bonds is 4. The van der Waals surface area contributed by atoms with Crippen LogP contribution in [0.5, 0.6) is 0 Å². The smallest absolute Gasteiger partial charge is 0.224 e. The molecule has 1 aromatic carbocycles. The summed E-state index contributed by atoms with van der Waals surface area (Å²) in [4.78, 5) is 11.4. The van der Waals surface area contributed by atoms with Crippen LogP contribution in [0.3, 0.4) is 0 Å². The van der Waals surface area contributed by atoms with Crippen LogP contribution in [0, 0.1) is 0 Å². The fourth-order valence-corrected chi connectivity index (χ4v) is 1.60. The lowest BCUT2D eigenvalue weighted by Crippen LogP contribution is -2.26. The van der Waals surface area contributed by atoms with E-state index in [0.717, 1.165) is 10.9 Å². The van der Waals surface area contributed by atoms with E-state index in [0.29, 0.717) is 23.0 Å². The Morgan fingerprint density at radius 2 is 2.07 bits per heavy atom. The molecular weight excluding hydrogens is 301 g/mol. The lowest BCUT2D eigenvalue weighted by atomic mass is 10.1. The Balaban J connectivity index is 2.57. The molecule has 0 fully saturated rings. The fraction of sp³-hybridized carbons (Fsp3) is 0.300. The zero-order chi connectivity index (χ0) is 11.3. The third kappa shape index (κ3) is 4.41. The van der Waals surface area contributed by atoms with Crippen molar-refractivity contribution in [2.75, 3.05) is 11.9 Å². The Morgan fingerprint density at radius 3 is 2.67 bits per heavy atom. The molecule has 0 aliphatic carbocycles. The van der Waals surface area contributed by atoms with Gasteiger partial charge in [-0.25, -0.2) is 0 Å². The van der Waals surface area contributed by atoms with Gasteiger partial charge in [0.05, 0.1) is 16.5 Å². The van der Waals surface area contributed by atoms with Crippen molar-refractivity contribution < 1.29 is 4.79 Å². The summed E-state index contributed by atoms with van der Waals surface area (Å²) in [5, 5.41) is 4.48. The van der Waals surface area contributed by atoms with Crippen molar-refractivity contribution in [3.8, 4) is 0 Å². The number of hydrogen-bond donors (Lipinski definition) is 1. The van der Waals surface area contributed by atoms with Crippen molar-refractivity contribution in [2.24, 2.45) is 0 Å². The van der Waals surface area contributed by atoms with Gasteiger partial charge in [-0.2, -0.15) is 0 Å². The van der Waals surface area contributed by atoms with E-state index in [1.54, 1.807) is 18.2 Å². The maximum Gasteiger partial charge on any atom is 0.224 e. The van der Waals surface area contributed by atoms with Gasteiger partial charge >= 0.3 is 0 Å². The number of hydrogen-bond acceptors (Lipinski definition) is 1. The van der Waals surface area contributed by atoms with Crippen LogP contribution < -0.4 is 5.32 Å². The predicted molar refractivity (Wildman–Crippen MR) is 67.0 cm³/mol. The molecule has 82 valence electrons. The number of amides is 1. The zero-order valence-corrected chi connectivity index (χ0v) is 11.0. The zero-order valence-electron chi connectivity index (χ0n) is 7.90. The fourth-order valence-electron chi connectivity index (χ4n) is 1.08. The Bertz CT molecular complexity index is 357. The van der Waals surface area contributed by atoms with Crippen LogP contribution in [0.15, 0.2) is 18.2 Å². The average molecular weight is 311 g/mol. The molecule has 0 unspecified atom stereocenters. The molecule has 0 aromatic heterocycles. The number of carbonyl (C=O) groups is 1. The molecule has 1 N–H and O–H groups in total. The van der Waals surface area contributed by atoms with Gasteiger partial charge in [0.15, 0.2) is 0 Å². The normalized spacial score (nSPS) is 10.1. The molecule has 0 bridgehead atoms. The van der Waals surface area contributed by atoms with Crippen LogP contribution in [0.4, 0.5) is 0 Å². The molecule has 0 spiro atoms. The first-order valence-corrected chi connectivity index (χ1v) is 6.28. The molecule has 0 saturated carbocycles. The molecule has 0 aliphatic rings. The van der Waals surface area contributed by atoms with Gasteiger partial charge in [0.2, 0.25) is 5.91 Å². The van der Waals surface area contributed by atoms with Crippen LogP contribution in [0.25, 0.3) is 0 Å². The maximum atomic E-state index is 11.4. The number of nitrogens with one attached hydrogen (secondary N) is 1. The van der Waals surface area contributed by atoms with E-state index in [4.69, 9.17) is 23.2 Å². The second kappa shape index (κ2) is 6.36. The van der Waals surface area contributed by atoms with Gasteiger partial charge in [0.1, 0.15) is 0 Å². The van der Waals surface area contributed by atoms with Gasteiger partial charge in [-0.3, -0.25) is 4.79 Å². The lowest BCUT2D eigenvalue weighted by Gasteiger charge is -2.04. The van der Waals surface area contributed by atoms with Crippen LogP contribution >= 0.6 is 39.1 Å². The Morgan fingerprint density at radius 1 is 1.33 bits per heavy atom. The first kappa shape index (κ1) is 12.8. The number of halogens is 3. The van der Waals surface area contributed by atoms with Gasteiger partial charge in [-0.1, -0.05) is 45.2 Å². The van der Waals surface area contributed by atoms with Crippen molar-refractivity contribution >= 4 is 45.0 Å². The highest BCUT2D eigenvalue weighted by Gasteiger charge is 2.04. The van der Waals surface area contributed by atoms with E-state index in [2.05, 4.69) is 21.2 Å². The minimum atomic E-state index is -0.0205. The number of carbonyl (C=O) groups excluding carboxylic acids is 1. The number of benzene rings is 1. The monoisotopic (exact) mass is 309 g/mol. The Hall–Kier alpha value is -0.250. The average Bonchev–Trinajstić information content (AvgIpc) is 2.20. The quantitative estimate of drug-likeness (QED) is 0.851. The van der Waals surface area contributed by atoms with E-state index >= 15 is 0 Å². The van der Waals surface area contributed by atoms with E-state index in [-0.39, 0.29) is 5.91 Å². The van der Waals surface area contributed by atoms with Crippen LogP contribution in [-0.2, 0) is 11.2 Å². The summed E-state index contributed by atoms with van der Waals surface area (Å²) < 4.78 is 0. The van der Waals surface area contributed by atoms with E-state index < -0.39 is 0 Å². The van der Waals surface area contributed by atoms with E-state index in [1.165, 1.54) is 0 Å². The molecule has 0 radical (unpaired) electrons. The topological polar surface area (TPSA) is 29.1 Å². The summed E-state index contributed by atoms with van der Waals surface area (Å²) in [6.45, 7) is 0.625. The summed E-state index contributed by atoms with van der Waals surface area (Å²) in [6, 6.07) is 5.19. The van der Waals surface area contributed by atoms with Crippen LogP contribution in [-0.4, -0.2) is 17.8 Å². The molecule has 1 aromatic rings. The van der Waals surface area contributed by atoms with Gasteiger partial charge in [-0.05, 0) is 17.7 Å². The molecule has 15 heavy (non-hydrogen) atoms. The Kier molecular flexibility index (Phi) is 5.43. The summed E-state index contributed by atoms with van der Waals surface area (Å²) >= 11 is 14.8. The third-order valence-corrected chi connectivity index (χ3v) is 2.90. The number of alkyl halides is 1. The first-order valence-electron chi connectivity index (χ1n) is 4.40. The molecule has 0 atom stereocenters. The first-order chi connectivity index (χ1) is 7.13. The third-order valence-electron chi connectivity index (χ3n) is 1.77. The van der Waals surface area contributed by atoms with Crippen molar-refractivity contribution in [1.82, 2.24) is 5.32 Å². The van der Waals surface area contributed by atoms with Crippen molar-refractivity contribution in [3.63, 3.8) is 0 Å². The minimum absolute atomic E-state index is 0.0205. The van der Waals surface area contributed by atoms with Gasteiger partial charge in [-0.15, -0.1) is 0 Å². The SMILES string of the molecule is O=C(Cc1ccc(Cl)c(Cl)c1)NCCBr. The highest BCUT2D eigenvalue weighted by molar-refractivity contribution is 9.09. The van der Waals surface area contributed by atoms with Crippen molar-refractivity contribution in [3.05, 3.63) is 33.8 Å². The van der Waals surface area contributed by atoms with Crippen LogP contribution in [0.2, 0.25) is 10.0 Å². The second-order valence-electron chi connectivity index (χ2n) is 2.96. The highest BCUT2D eigenvalue weighted by Crippen LogP contribution is 2.22. The standard InChI is InChI=1S/C10H10BrCl2NO/c11-3-4-14-10(15)6-7-1-2-8(12)9(13)5-7/h1-2,5H,3-4,6H2,(H,14,15). The summed E-state index contributed by atoms with van der Waals surface area (Å²) in [6.07, 6.45) is 0.323. The Labute approximate surface area is 107 Å². The lowest BCUT2D eigenvalue weighted by molar-refractivity contribution is -0.120. The molecule has 0 saturated heterocycles. The largest absolute Gasteiger partial charge is 0.355 e. The van der Waals surface area contributed by atoms with Crippen LogP contribution in [0.1, 0.15) is 5.56 Å². The van der Waals surface area contributed by atoms with Crippen molar-refractivity contribution in [2.45, 2.75) is 6.42 Å². The summed E-state index contributed by atoms with van der Waals surface area (Å²) in [5.74, 6) is -0.0205. The molecule has 5 heteroatoms. The summed E-state index contributed by atoms with van der Waals surface area (Å²) in [7, 11) is 0. The van der Waals surface area contributed by atoms with Gasteiger partial charge in [0, 0.05) is 11.9 Å². The molecule has 1 rings (SSSR count). The molecule has 0 heterocycles. The predicted octanol–water partition coefficient (Wildman–Crippen LogP) is 3.05. The maximum absolute atomic E-state index is 11.4. The minimum Gasteiger partial charge on any atom is -0.355 e. The van der Waals surface area contributed by atoms with Gasteiger partial charge in [0.25, 0.3) is 0 Å². The molecule has 2 nitrogen and oxygen atoms in total. The molecular formula is C10H10BrCl2NO. The molecule has 0 aliphatic heterocycles. The highest BCUT2D eigenvalue weighted by atomic mass is 79.9. The molecule has 1 amide bonds. The van der Waals surface area contributed by atoms with E-state index in [9.17, 15) is 4.79 Å². The van der Waals surface area contributed by atoms with Crippen molar-refractivity contribution in [1.29, 1.82) is 0 Å².